The minimum atomic E-state index is -3.55. The summed E-state index contributed by atoms with van der Waals surface area (Å²) in [5.74, 6) is 0.908. The van der Waals surface area contributed by atoms with Crippen LogP contribution in [0.15, 0.2) is 23.1 Å². The molecule has 2 rings (SSSR count). The highest BCUT2D eigenvalue weighted by atomic mass is 32.2. The summed E-state index contributed by atoms with van der Waals surface area (Å²) in [5, 5.41) is 0. The first-order valence-electron chi connectivity index (χ1n) is 6.89. The lowest BCUT2D eigenvalue weighted by Gasteiger charge is -2.35. The number of hydrogen-bond donors (Lipinski definition) is 1. The Morgan fingerprint density at radius 1 is 1.24 bits per heavy atom. The molecule has 1 heterocycles. The van der Waals surface area contributed by atoms with Crippen LogP contribution in [0.1, 0.15) is 19.8 Å². The van der Waals surface area contributed by atoms with Crippen LogP contribution in [0.5, 0.6) is 11.5 Å². The maximum Gasteiger partial charge on any atom is 0.243 e. The smallest absolute Gasteiger partial charge is 0.243 e. The monoisotopic (exact) mass is 314 g/mol. The van der Waals surface area contributed by atoms with Crippen molar-refractivity contribution in [1.82, 2.24) is 4.31 Å². The molecule has 2 N–H and O–H groups in total. The Morgan fingerprint density at radius 2 is 1.90 bits per heavy atom. The van der Waals surface area contributed by atoms with Crippen molar-refractivity contribution in [3.8, 4) is 11.5 Å². The summed E-state index contributed by atoms with van der Waals surface area (Å²) in [6.45, 7) is 2.33. The highest BCUT2D eigenvalue weighted by Gasteiger charge is 2.33. The molecule has 0 spiro atoms. The first-order chi connectivity index (χ1) is 9.90. The van der Waals surface area contributed by atoms with Crippen molar-refractivity contribution in [2.45, 2.75) is 36.7 Å². The average molecular weight is 314 g/mol. The highest BCUT2D eigenvalue weighted by Crippen LogP contribution is 2.32. The van der Waals surface area contributed by atoms with E-state index in [-0.39, 0.29) is 17.0 Å². The first-order valence-corrected chi connectivity index (χ1v) is 8.33. The molecule has 0 aliphatic carbocycles. The lowest BCUT2D eigenvalue weighted by molar-refractivity contribution is 0.247. The van der Waals surface area contributed by atoms with Gasteiger partial charge >= 0.3 is 0 Å². The summed E-state index contributed by atoms with van der Waals surface area (Å²) < 4.78 is 37.3. The van der Waals surface area contributed by atoms with Crippen LogP contribution in [0.3, 0.4) is 0 Å². The van der Waals surface area contributed by atoms with Gasteiger partial charge in [0.15, 0.2) is 11.5 Å². The third-order valence-electron chi connectivity index (χ3n) is 3.82. The second kappa shape index (κ2) is 6.21. The van der Waals surface area contributed by atoms with Crippen LogP contribution in [0.25, 0.3) is 0 Å². The summed E-state index contributed by atoms with van der Waals surface area (Å²) in [6, 6.07) is 4.60. The second-order valence-electron chi connectivity index (χ2n) is 5.27. The Morgan fingerprint density at radius 3 is 2.48 bits per heavy atom. The van der Waals surface area contributed by atoms with E-state index in [9.17, 15) is 8.42 Å². The van der Waals surface area contributed by atoms with Crippen LogP contribution in [-0.2, 0) is 10.0 Å². The van der Waals surface area contributed by atoms with Gasteiger partial charge < -0.3 is 15.2 Å². The van der Waals surface area contributed by atoms with E-state index in [1.54, 1.807) is 6.07 Å². The number of sulfonamides is 1. The van der Waals surface area contributed by atoms with Gasteiger partial charge in [0.25, 0.3) is 0 Å². The molecule has 1 aromatic rings. The molecule has 1 aliphatic heterocycles. The molecule has 2 atom stereocenters. The van der Waals surface area contributed by atoms with E-state index >= 15 is 0 Å². The molecular weight excluding hydrogens is 292 g/mol. The minimum absolute atomic E-state index is 0.0665. The zero-order valence-corrected chi connectivity index (χ0v) is 13.4. The molecule has 1 fully saturated rings. The van der Waals surface area contributed by atoms with Gasteiger partial charge in [0.1, 0.15) is 0 Å². The Kier molecular flexibility index (Phi) is 4.75. The molecular formula is C14H22N2O4S. The van der Waals surface area contributed by atoms with Gasteiger partial charge in [-0.05, 0) is 31.9 Å². The number of hydrogen-bond acceptors (Lipinski definition) is 5. The molecule has 118 valence electrons. The topological polar surface area (TPSA) is 81.9 Å². The Balaban J connectivity index is 2.35. The molecule has 0 amide bonds. The van der Waals surface area contributed by atoms with Crippen LogP contribution in [0.4, 0.5) is 0 Å². The fourth-order valence-electron chi connectivity index (χ4n) is 2.66. The number of rotatable bonds is 4. The average Bonchev–Trinajstić information content (AvgIpc) is 2.46. The third kappa shape index (κ3) is 3.14. The molecule has 21 heavy (non-hydrogen) atoms. The molecule has 0 bridgehead atoms. The van der Waals surface area contributed by atoms with Crippen LogP contribution in [-0.4, -0.2) is 45.6 Å². The zero-order valence-electron chi connectivity index (χ0n) is 12.6. The molecule has 1 aliphatic rings. The highest BCUT2D eigenvalue weighted by molar-refractivity contribution is 7.89. The van der Waals surface area contributed by atoms with Crippen molar-refractivity contribution < 1.29 is 17.9 Å². The molecule has 0 unspecified atom stereocenters. The number of ether oxygens (including phenoxy) is 2. The van der Waals surface area contributed by atoms with Gasteiger partial charge in [0.2, 0.25) is 10.0 Å². The molecule has 0 saturated carbocycles. The molecule has 0 radical (unpaired) electrons. The van der Waals surface area contributed by atoms with Crippen molar-refractivity contribution in [3.05, 3.63) is 18.2 Å². The Hall–Kier alpha value is -1.31. The number of methoxy groups -OCH3 is 2. The van der Waals surface area contributed by atoms with Gasteiger partial charge in [-0.2, -0.15) is 4.31 Å². The number of nitrogens with zero attached hydrogens (tertiary/aromatic N) is 1. The molecule has 1 aromatic carbocycles. The summed E-state index contributed by atoms with van der Waals surface area (Å²) in [6.07, 6.45) is 1.35. The van der Waals surface area contributed by atoms with Crippen molar-refractivity contribution in [2.24, 2.45) is 5.73 Å². The van der Waals surface area contributed by atoms with E-state index in [0.717, 1.165) is 0 Å². The zero-order chi connectivity index (χ0) is 15.6. The minimum Gasteiger partial charge on any atom is -0.493 e. The Bertz CT molecular complexity index is 603. The summed E-state index contributed by atoms with van der Waals surface area (Å²) >= 11 is 0. The maximum absolute atomic E-state index is 12.8. The lowest BCUT2D eigenvalue weighted by Crippen LogP contribution is -2.48. The van der Waals surface area contributed by atoms with E-state index < -0.39 is 10.0 Å². The van der Waals surface area contributed by atoms with E-state index in [2.05, 4.69) is 0 Å². The lowest BCUT2D eigenvalue weighted by atomic mass is 10.0. The van der Waals surface area contributed by atoms with Crippen LogP contribution in [0, 0.1) is 0 Å². The van der Waals surface area contributed by atoms with Crippen molar-refractivity contribution >= 4 is 10.0 Å². The van der Waals surface area contributed by atoms with Crippen molar-refractivity contribution in [1.29, 1.82) is 0 Å². The van der Waals surface area contributed by atoms with E-state index in [1.807, 2.05) is 6.92 Å². The number of benzene rings is 1. The number of nitrogens with two attached hydrogens (primary N) is 1. The third-order valence-corrected chi connectivity index (χ3v) is 5.83. The van der Waals surface area contributed by atoms with Crippen LogP contribution >= 0.6 is 0 Å². The van der Waals surface area contributed by atoms with Crippen LogP contribution < -0.4 is 15.2 Å². The molecule has 1 saturated heterocycles. The fourth-order valence-corrected chi connectivity index (χ4v) is 4.33. The normalized spacial score (nSPS) is 23.8. The largest absolute Gasteiger partial charge is 0.493 e. The van der Waals surface area contributed by atoms with Gasteiger partial charge in [0, 0.05) is 24.7 Å². The van der Waals surface area contributed by atoms with Crippen LogP contribution in [0.2, 0.25) is 0 Å². The Labute approximate surface area is 125 Å². The molecule has 0 aromatic heterocycles. The molecule has 6 nitrogen and oxygen atoms in total. The summed E-state index contributed by atoms with van der Waals surface area (Å²) in [5.41, 5.74) is 5.89. The quantitative estimate of drug-likeness (QED) is 0.903. The predicted molar refractivity (Wildman–Crippen MR) is 80.1 cm³/mol. The standard InChI is InChI=1S/C14H22N2O4S/c1-10-8-11(15)6-7-16(10)21(17,18)12-4-5-13(19-2)14(9-12)20-3/h4-5,9-11H,6-8,15H2,1-3H3/t10-,11+/m1/s1. The van der Waals surface area contributed by atoms with Crippen molar-refractivity contribution in [2.75, 3.05) is 20.8 Å². The fraction of sp³-hybridized carbons (Fsp3) is 0.571. The summed E-state index contributed by atoms with van der Waals surface area (Å²) in [4.78, 5) is 0.211. The van der Waals surface area contributed by atoms with E-state index in [1.165, 1.54) is 30.7 Å². The van der Waals surface area contributed by atoms with Gasteiger partial charge in [0.05, 0.1) is 19.1 Å². The van der Waals surface area contributed by atoms with Gasteiger partial charge in [-0.15, -0.1) is 0 Å². The maximum atomic E-state index is 12.8. The second-order valence-corrected chi connectivity index (χ2v) is 7.16. The first kappa shape index (κ1) is 16.1. The summed E-state index contributed by atoms with van der Waals surface area (Å²) in [7, 11) is -0.553. The molecule has 7 heteroatoms. The van der Waals surface area contributed by atoms with E-state index in [0.29, 0.717) is 30.9 Å². The van der Waals surface area contributed by atoms with Gasteiger partial charge in [-0.1, -0.05) is 0 Å². The van der Waals surface area contributed by atoms with Crippen molar-refractivity contribution in [3.63, 3.8) is 0 Å². The number of piperidine rings is 1. The van der Waals surface area contributed by atoms with E-state index in [4.69, 9.17) is 15.2 Å². The van der Waals surface area contributed by atoms with Gasteiger partial charge in [-0.3, -0.25) is 0 Å². The van der Waals surface area contributed by atoms with Gasteiger partial charge in [-0.25, -0.2) is 8.42 Å². The predicted octanol–water partition coefficient (Wildman–Crippen LogP) is 1.20. The SMILES string of the molecule is COc1ccc(S(=O)(=O)N2CC[C@H](N)C[C@H]2C)cc1OC.